The Bertz CT molecular complexity index is 659. The topological polar surface area (TPSA) is 68.3 Å². The van der Waals surface area contributed by atoms with E-state index < -0.39 is 11.6 Å². The van der Waals surface area contributed by atoms with E-state index in [1.54, 1.807) is 48.7 Å². The number of hydrogen-bond donors (Lipinski definition) is 1. The van der Waals surface area contributed by atoms with E-state index >= 15 is 0 Å². The number of amides is 1. The van der Waals surface area contributed by atoms with Gasteiger partial charge >= 0.3 is 5.97 Å². The van der Waals surface area contributed by atoms with Crippen LogP contribution in [0.25, 0.3) is 0 Å². The second kappa shape index (κ2) is 6.39. The average Bonchev–Trinajstić information content (AvgIpc) is 2.47. The van der Waals surface area contributed by atoms with Crippen molar-refractivity contribution in [2.75, 3.05) is 5.32 Å². The molecule has 1 heterocycles. The van der Waals surface area contributed by atoms with Gasteiger partial charge in [0.15, 0.2) is 0 Å². The van der Waals surface area contributed by atoms with Gasteiger partial charge in [-0.05, 0) is 57.2 Å². The Morgan fingerprint density at radius 1 is 1.05 bits per heavy atom. The fraction of sp³-hybridized carbons (Fsp3) is 0.235. The Balaban J connectivity index is 2.03. The van der Waals surface area contributed by atoms with Crippen LogP contribution in [0, 0.1) is 0 Å². The van der Waals surface area contributed by atoms with Gasteiger partial charge in [-0.1, -0.05) is 6.07 Å². The third kappa shape index (κ3) is 4.41. The highest BCUT2D eigenvalue weighted by Crippen LogP contribution is 2.15. The molecule has 5 heteroatoms. The number of ether oxygens (including phenoxy) is 1. The number of anilines is 1. The lowest BCUT2D eigenvalue weighted by Crippen LogP contribution is -2.23. The number of rotatable bonds is 3. The van der Waals surface area contributed by atoms with E-state index in [1.807, 2.05) is 20.8 Å². The van der Waals surface area contributed by atoms with Crippen LogP contribution in [-0.4, -0.2) is 22.5 Å². The lowest BCUT2D eigenvalue weighted by Gasteiger charge is -2.19. The molecule has 1 aromatic heterocycles. The van der Waals surface area contributed by atoms with E-state index in [0.29, 0.717) is 16.9 Å². The fourth-order valence-corrected chi connectivity index (χ4v) is 1.72. The molecule has 0 saturated heterocycles. The second-order valence-corrected chi connectivity index (χ2v) is 5.75. The summed E-state index contributed by atoms with van der Waals surface area (Å²) in [5.41, 5.74) is 0.815. The van der Waals surface area contributed by atoms with E-state index in [-0.39, 0.29) is 5.91 Å². The van der Waals surface area contributed by atoms with Gasteiger partial charge in [-0.25, -0.2) is 4.79 Å². The van der Waals surface area contributed by atoms with Crippen molar-refractivity contribution >= 4 is 17.6 Å². The number of benzene rings is 1. The van der Waals surface area contributed by atoms with Crippen LogP contribution >= 0.6 is 0 Å². The molecule has 0 saturated carbocycles. The van der Waals surface area contributed by atoms with Crippen LogP contribution in [0.5, 0.6) is 0 Å². The molecule has 0 bridgehead atoms. The third-order valence-corrected chi connectivity index (χ3v) is 2.67. The molecule has 0 radical (unpaired) electrons. The Kier molecular flexibility index (Phi) is 4.56. The summed E-state index contributed by atoms with van der Waals surface area (Å²) in [5.74, 6) is -0.694. The Labute approximate surface area is 129 Å². The second-order valence-electron chi connectivity index (χ2n) is 5.75. The van der Waals surface area contributed by atoms with E-state index in [4.69, 9.17) is 4.74 Å². The number of esters is 1. The van der Waals surface area contributed by atoms with Gasteiger partial charge < -0.3 is 10.1 Å². The molecule has 1 N–H and O–H groups in total. The van der Waals surface area contributed by atoms with Gasteiger partial charge in [0.1, 0.15) is 11.3 Å². The largest absolute Gasteiger partial charge is 0.456 e. The van der Waals surface area contributed by atoms with E-state index in [0.717, 1.165) is 0 Å². The van der Waals surface area contributed by atoms with Crippen molar-refractivity contribution < 1.29 is 14.3 Å². The van der Waals surface area contributed by atoms with Crippen molar-refractivity contribution in [3.8, 4) is 0 Å². The monoisotopic (exact) mass is 298 g/mol. The minimum atomic E-state index is -0.539. The molecule has 0 aliphatic rings. The van der Waals surface area contributed by atoms with Crippen LogP contribution in [0.1, 0.15) is 41.6 Å². The van der Waals surface area contributed by atoms with Crippen molar-refractivity contribution in [2.24, 2.45) is 0 Å². The third-order valence-electron chi connectivity index (χ3n) is 2.67. The van der Waals surface area contributed by atoms with Gasteiger partial charge in [0.2, 0.25) is 0 Å². The standard InChI is InChI=1S/C17H18N2O3/c1-17(2,3)22-16(21)12-7-9-13(10-8-12)19-15(20)14-6-4-5-11-18-14/h4-11H,1-3H3,(H,19,20). The number of nitrogens with zero attached hydrogens (tertiary/aromatic N) is 1. The summed E-state index contributed by atoms with van der Waals surface area (Å²) < 4.78 is 5.28. The molecular weight excluding hydrogens is 280 g/mol. The summed E-state index contributed by atoms with van der Waals surface area (Å²) in [6.45, 7) is 5.44. The summed E-state index contributed by atoms with van der Waals surface area (Å²) in [6.07, 6.45) is 1.56. The van der Waals surface area contributed by atoms with Crippen LogP contribution in [0.4, 0.5) is 5.69 Å². The molecule has 2 rings (SSSR count). The summed E-state index contributed by atoms with van der Waals surface area (Å²) in [7, 11) is 0. The van der Waals surface area contributed by atoms with Crippen molar-refractivity contribution in [3.63, 3.8) is 0 Å². The maximum Gasteiger partial charge on any atom is 0.338 e. The van der Waals surface area contributed by atoms with E-state index in [9.17, 15) is 9.59 Å². The zero-order valence-corrected chi connectivity index (χ0v) is 12.8. The summed E-state index contributed by atoms with van der Waals surface area (Å²) in [6, 6.07) is 11.6. The first-order chi connectivity index (χ1) is 10.3. The first-order valence-electron chi connectivity index (χ1n) is 6.91. The van der Waals surface area contributed by atoms with Crippen molar-refractivity contribution in [3.05, 3.63) is 59.9 Å². The number of carbonyl (C=O) groups excluding carboxylic acids is 2. The van der Waals surface area contributed by atoms with Crippen molar-refractivity contribution in [1.82, 2.24) is 4.98 Å². The zero-order valence-electron chi connectivity index (χ0n) is 12.8. The predicted molar refractivity (Wildman–Crippen MR) is 83.8 cm³/mol. The van der Waals surface area contributed by atoms with Gasteiger partial charge in [-0.3, -0.25) is 9.78 Å². The maximum absolute atomic E-state index is 12.0. The zero-order chi connectivity index (χ0) is 16.2. The molecular formula is C17H18N2O3. The molecule has 2 aromatic rings. The molecule has 0 aliphatic heterocycles. The lowest BCUT2D eigenvalue weighted by molar-refractivity contribution is 0.00695. The lowest BCUT2D eigenvalue weighted by atomic mass is 10.1. The highest BCUT2D eigenvalue weighted by Gasteiger charge is 2.17. The van der Waals surface area contributed by atoms with Gasteiger partial charge in [-0.15, -0.1) is 0 Å². The minimum Gasteiger partial charge on any atom is -0.456 e. The maximum atomic E-state index is 12.0. The molecule has 0 unspecified atom stereocenters. The molecule has 22 heavy (non-hydrogen) atoms. The van der Waals surface area contributed by atoms with Crippen molar-refractivity contribution in [1.29, 1.82) is 0 Å². The molecule has 0 aliphatic carbocycles. The molecule has 0 atom stereocenters. The average molecular weight is 298 g/mol. The number of hydrogen-bond acceptors (Lipinski definition) is 4. The molecule has 0 fully saturated rings. The molecule has 1 amide bonds. The normalized spacial score (nSPS) is 10.9. The number of aromatic nitrogens is 1. The van der Waals surface area contributed by atoms with Gasteiger partial charge in [-0.2, -0.15) is 0 Å². The number of carbonyl (C=O) groups is 2. The van der Waals surface area contributed by atoms with Crippen LogP contribution in [0.3, 0.4) is 0 Å². The van der Waals surface area contributed by atoms with Crippen molar-refractivity contribution in [2.45, 2.75) is 26.4 Å². The van der Waals surface area contributed by atoms with Crippen LogP contribution in [0.2, 0.25) is 0 Å². The van der Waals surface area contributed by atoms with E-state index in [1.165, 1.54) is 0 Å². The van der Waals surface area contributed by atoms with Crippen LogP contribution in [0.15, 0.2) is 48.7 Å². The molecule has 5 nitrogen and oxygen atoms in total. The SMILES string of the molecule is CC(C)(C)OC(=O)c1ccc(NC(=O)c2ccccn2)cc1. The molecule has 1 aromatic carbocycles. The molecule has 0 spiro atoms. The summed E-state index contributed by atoms with van der Waals surface area (Å²) in [4.78, 5) is 27.8. The summed E-state index contributed by atoms with van der Waals surface area (Å²) in [5, 5.41) is 2.72. The van der Waals surface area contributed by atoms with Gasteiger partial charge in [0.25, 0.3) is 5.91 Å². The van der Waals surface area contributed by atoms with E-state index in [2.05, 4.69) is 10.3 Å². The molecule has 114 valence electrons. The minimum absolute atomic E-state index is 0.300. The smallest absolute Gasteiger partial charge is 0.338 e. The van der Waals surface area contributed by atoms with Gasteiger partial charge in [0.05, 0.1) is 5.56 Å². The Morgan fingerprint density at radius 3 is 2.27 bits per heavy atom. The fourth-order valence-electron chi connectivity index (χ4n) is 1.72. The first kappa shape index (κ1) is 15.7. The Morgan fingerprint density at radius 2 is 1.73 bits per heavy atom. The Hall–Kier alpha value is -2.69. The van der Waals surface area contributed by atoms with Crippen LogP contribution < -0.4 is 5.32 Å². The number of nitrogens with one attached hydrogen (secondary N) is 1. The number of pyridine rings is 1. The van der Waals surface area contributed by atoms with Gasteiger partial charge in [0, 0.05) is 11.9 Å². The highest BCUT2D eigenvalue weighted by atomic mass is 16.6. The highest BCUT2D eigenvalue weighted by molar-refractivity contribution is 6.03. The quantitative estimate of drug-likeness (QED) is 0.883. The summed E-state index contributed by atoms with van der Waals surface area (Å²) >= 11 is 0. The predicted octanol–water partition coefficient (Wildman–Crippen LogP) is 3.29. The van der Waals surface area contributed by atoms with Crippen LogP contribution in [-0.2, 0) is 4.74 Å². The first-order valence-corrected chi connectivity index (χ1v) is 6.91.